The van der Waals surface area contributed by atoms with Gasteiger partial charge in [-0.1, -0.05) is 48.0 Å². The molecule has 0 spiro atoms. The van der Waals surface area contributed by atoms with Crippen molar-refractivity contribution in [3.05, 3.63) is 70.8 Å². The molecule has 2 aromatic carbocycles. The molecule has 0 bridgehead atoms. The van der Waals surface area contributed by atoms with Crippen molar-refractivity contribution in [3.8, 4) is 0 Å². The number of rotatable bonds is 2. The van der Waals surface area contributed by atoms with Crippen LogP contribution < -0.4 is 0 Å². The van der Waals surface area contributed by atoms with Crippen molar-refractivity contribution in [2.75, 3.05) is 20.1 Å². The second-order valence-corrected chi connectivity index (χ2v) is 8.16. The van der Waals surface area contributed by atoms with Gasteiger partial charge in [-0.25, -0.2) is 0 Å². The number of fused-ring (bicyclic) bond motifs is 2. The van der Waals surface area contributed by atoms with E-state index in [4.69, 9.17) is 0 Å². The van der Waals surface area contributed by atoms with E-state index in [1.807, 2.05) is 38.1 Å². The second-order valence-electron chi connectivity index (χ2n) is 8.16. The number of nitrogens with zero attached hydrogens (tertiary/aromatic N) is 2. The van der Waals surface area contributed by atoms with Gasteiger partial charge < -0.3 is 9.80 Å². The minimum Gasteiger partial charge on any atom is -0.339 e. The fraction of sp³-hybridized carbons (Fsp3) is 0.348. The van der Waals surface area contributed by atoms with Gasteiger partial charge in [0.2, 0.25) is 5.91 Å². The van der Waals surface area contributed by atoms with E-state index in [1.165, 1.54) is 0 Å². The van der Waals surface area contributed by atoms with Gasteiger partial charge >= 0.3 is 0 Å². The molecule has 144 valence electrons. The number of Topliss-reactive ketones (excluding diaryl/α,β-unsaturated/α-hetero) is 1. The van der Waals surface area contributed by atoms with E-state index < -0.39 is 5.41 Å². The van der Waals surface area contributed by atoms with Crippen LogP contribution in [0.4, 0.5) is 0 Å². The minimum atomic E-state index is -0.806. The van der Waals surface area contributed by atoms with Crippen molar-refractivity contribution in [2.45, 2.75) is 26.3 Å². The highest BCUT2D eigenvalue weighted by molar-refractivity contribution is 6.12. The molecule has 5 heteroatoms. The molecule has 0 saturated carbocycles. The molecule has 0 aromatic heterocycles. The van der Waals surface area contributed by atoms with Crippen LogP contribution in [0.25, 0.3) is 0 Å². The molecule has 2 aliphatic heterocycles. The van der Waals surface area contributed by atoms with Crippen LogP contribution in [0.5, 0.6) is 0 Å². The Labute approximate surface area is 164 Å². The van der Waals surface area contributed by atoms with E-state index in [0.717, 1.165) is 11.1 Å². The maximum absolute atomic E-state index is 13.4. The van der Waals surface area contributed by atoms with Gasteiger partial charge in [-0.15, -0.1) is 0 Å². The van der Waals surface area contributed by atoms with E-state index in [9.17, 15) is 14.4 Å². The first kappa shape index (κ1) is 18.4. The predicted octanol–water partition coefficient (Wildman–Crippen LogP) is 2.72. The Balaban J connectivity index is 1.64. The molecule has 2 amide bonds. The Morgan fingerprint density at radius 3 is 2.54 bits per heavy atom. The number of benzene rings is 2. The highest BCUT2D eigenvalue weighted by Gasteiger charge is 2.54. The Hall–Kier alpha value is -2.95. The van der Waals surface area contributed by atoms with Crippen LogP contribution in [0.1, 0.15) is 38.8 Å². The normalized spacial score (nSPS) is 24.0. The molecule has 2 heterocycles. The van der Waals surface area contributed by atoms with E-state index in [-0.39, 0.29) is 23.6 Å². The second kappa shape index (κ2) is 6.59. The highest BCUT2D eigenvalue weighted by Crippen LogP contribution is 2.40. The molecule has 4 rings (SSSR count). The van der Waals surface area contributed by atoms with Gasteiger partial charge in [-0.2, -0.15) is 0 Å². The summed E-state index contributed by atoms with van der Waals surface area (Å²) in [5.74, 6) is -0.232. The third kappa shape index (κ3) is 2.82. The average Bonchev–Trinajstić information content (AvgIpc) is 3.03. The summed E-state index contributed by atoms with van der Waals surface area (Å²) in [5.41, 5.74) is 2.17. The molecule has 28 heavy (non-hydrogen) atoms. The van der Waals surface area contributed by atoms with Gasteiger partial charge in [0.05, 0.1) is 23.4 Å². The van der Waals surface area contributed by atoms with Crippen molar-refractivity contribution in [1.29, 1.82) is 0 Å². The maximum Gasteiger partial charge on any atom is 0.254 e. The summed E-state index contributed by atoms with van der Waals surface area (Å²) in [4.78, 5) is 42.7. The van der Waals surface area contributed by atoms with Crippen LogP contribution in [0.15, 0.2) is 48.5 Å². The number of hydrogen-bond acceptors (Lipinski definition) is 3. The van der Waals surface area contributed by atoms with Crippen LogP contribution in [0.2, 0.25) is 0 Å². The molecular formula is C23H24N2O3. The third-order valence-corrected chi connectivity index (χ3v) is 6.15. The predicted molar refractivity (Wildman–Crippen MR) is 106 cm³/mol. The zero-order valence-corrected chi connectivity index (χ0v) is 16.4. The number of carbonyl (C=O) groups excluding carboxylic acids is 3. The lowest BCUT2D eigenvalue weighted by molar-refractivity contribution is -0.129. The topological polar surface area (TPSA) is 57.7 Å². The summed E-state index contributed by atoms with van der Waals surface area (Å²) in [5, 5.41) is 0. The SMILES string of the molecule is Cc1cccc(CC(=O)N2C[C@H]3N(C)C(=O)c4ccccc4C(=O)[C@@]3(C)C2)c1. The van der Waals surface area contributed by atoms with Crippen molar-refractivity contribution in [1.82, 2.24) is 9.80 Å². The largest absolute Gasteiger partial charge is 0.339 e. The van der Waals surface area contributed by atoms with Crippen LogP contribution in [0, 0.1) is 12.3 Å². The van der Waals surface area contributed by atoms with Crippen molar-refractivity contribution < 1.29 is 14.4 Å². The molecule has 0 aliphatic carbocycles. The molecular weight excluding hydrogens is 352 g/mol. The summed E-state index contributed by atoms with van der Waals surface area (Å²) >= 11 is 0. The van der Waals surface area contributed by atoms with Gasteiger partial charge in [-0.05, 0) is 25.5 Å². The summed E-state index contributed by atoms with van der Waals surface area (Å²) < 4.78 is 0. The van der Waals surface area contributed by atoms with Crippen LogP contribution in [0.3, 0.4) is 0 Å². The lowest BCUT2D eigenvalue weighted by Gasteiger charge is -2.32. The Bertz CT molecular complexity index is 983. The van der Waals surface area contributed by atoms with Gasteiger partial charge in [0.15, 0.2) is 5.78 Å². The molecule has 2 atom stereocenters. The lowest BCUT2D eigenvalue weighted by Crippen LogP contribution is -2.48. The highest BCUT2D eigenvalue weighted by atomic mass is 16.2. The molecule has 2 aliphatic rings. The molecule has 1 fully saturated rings. The first-order valence-corrected chi connectivity index (χ1v) is 9.55. The van der Waals surface area contributed by atoms with Crippen molar-refractivity contribution in [2.24, 2.45) is 5.41 Å². The molecule has 0 unspecified atom stereocenters. The van der Waals surface area contributed by atoms with Gasteiger partial charge in [0, 0.05) is 25.7 Å². The lowest BCUT2D eigenvalue weighted by atomic mass is 9.78. The van der Waals surface area contributed by atoms with Crippen LogP contribution in [-0.2, 0) is 11.2 Å². The van der Waals surface area contributed by atoms with E-state index in [0.29, 0.717) is 30.6 Å². The van der Waals surface area contributed by atoms with Gasteiger partial charge in [0.1, 0.15) is 0 Å². The smallest absolute Gasteiger partial charge is 0.254 e. The average molecular weight is 376 g/mol. The summed E-state index contributed by atoms with van der Waals surface area (Å²) in [6.45, 7) is 4.58. The molecule has 0 N–H and O–H groups in total. The first-order chi connectivity index (χ1) is 13.3. The third-order valence-electron chi connectivity index (χ3n) is 6.15. The number of likely N-dealkylation sites (N-methyl/N-ethyl adjacent to an activating group) is 1. The number of carbonyl (C=O) groups is 3. The van der Waals surface area contributed by atoms with Crippen LogP contribution in [-0.4, -0.2) is 53.6 Å². The van der Waals surface area contributed by atoms with Crippen molar-refractivity contribution >= 4 is 17.6 Å². The summed E-state index contributed by atoms with van der Waals surface area (Å²) in [6, 6.07) is 14.5. The van der Waals surface area contributed by atoms with Gasteiger partial charge in [0.25, 0.3) is 5.91 Å². The monoisotopic (exact) mass is 376 g/mol. The van der Waals surface area contributed by atoms with Crippen LogP contribution >= 0.6 is 0 Å². The summed E-state index contributed by atoms with van der Waals surface area (Å²) in [7, 11) is 1.73. The quantitative estimate of drug-likeness (QED) is 0.810. The van der Waals surface area contributed by atoms with Gasteiger partial charge in [-0.3, -0.25) is 14.4 Å². The fourth-order valence-corrected chi connectivity index (χ4v) is 4.55. The van der Waals surface area contributed by atoms with E-state index in [1.54, 1.807) is 41.1 Å². The Kier molecular flexibility index (Phi) is 4.33. The number of ketones is 1. The Morgan fingerprint density at radius 1 is 1.11 bits per heavy atom. The number of amides is 2. The summed E-state index contributed by atoms with van der Waals surface area (Å²) in [6.07, 6.45) is 0.299. The minimum absolute atomic E-state index is 0.0122. The van der Waals surface area contributed by atoms with Crippen molar-refractivity contribution in [3.63, 3.8) is 0 Å². The zero-order valence-electron chi connectivity index (χ0n) is 16.4. The molecule has 2 aromatic rings. The first-order valence-electron chi connectivity index (χ1n) is 9.55. The number of hydrogen-bond donors (Lipinski definition) is 0. The standard InChI is InChI=1S/C23H24N2O3/c1-15-7-6-8-16(11-15)12-20(26)25-13-19-23(2,14-25)21(27)17-9-4-5-10-18(17)22(28)24(19)3/h4-11,19H,12-14H2,1-3H3/t19-,23+/m1/s1. The van der Waals surface area contributed by atoms with E-state index in [2.05, 4.69) is 0 Å². The maximum atomic E-state index is 13.4. The number of likely N-dealkylation sites (tertiary alicyclic amines) is 1. The Morgan fingerprint density at radius 2 is 1.82 bits per heavy atom. The molecule has 0 radical (unpaired) electrons. The molecule has 1 saturated heterocycles. The number of aryl methyl sites for hydroxylation is 1. The fourth-order valence-electron chi connectivity index (χ4n) is 4.55. The van der Waals surface area contributed by atoms with E-state index >= 15 is 0 Å². The molecule has 5 nitrogen and oxygen atoms in total. The zero-order chi connectivity index (χ0) is 20.1.